The number of aryl methyl sites for hydroxylation is 1. The van der Waals surface area contributed by atoms with Crippen LogP contribution in [0.1, 0.15) is 32.8 Å². The average Bonchev–Trinajstić information content (AvgIpc) is 2.49. The molecule has 0 bridgehead atoms. The molecule has 0 fully saturated rings. The molecule has 0 saturated carbocycles. The monoisotopic (exact) mass is 293 g/mol. The zero-order valence-electron chi connectivity index (χ0n) is 12.8. The first kappa shape index (κ1) is 17.0. The molecule has 0 aliphatic carbocycles. The van der Waals surface area contributed by atoms with Crippen LogP contribution in [0.4, 0.5) is 0 Å². The summed E-state index contributed by atoms with van der Waals surface area (Å²) in [6.07, 6.45) is 1.49. The molecule has 1 amide bonds. The predicted molar refractivity (Wildman–Crippen MR) is 80.3 cm³/mol. The maximum Gasteiger partial charge on any atom is 0.326 e. The maximum absolute atomic E-state index is 11.9. The van der Waals surface area contributed by atoms with Gasteiger partial charge in [-0.05, 0) is 24.0 Å². The number of carbonyl (C=O) groups excluding carboxylic acids is 1. The lowest BCUT2D eigenvalue weighted by molar-refractivity contribution is -0.143. The quantitative estimate of drug-likeness (QED) is 0.770. The van der Waals surface area contributed by atoms with Crippen molar-refractivity contribution in [2.24, 2.45) is 5.92 Å². The molecule has 0 aromatic heterocycles. The first-order valence-electron chi connectivity index (χ1n) is 7.22. The van der Waals surface area contributed by atoms with E-state index >= 15 is 0 Å². The molecule has 1 rings (SSSR count). The van der Waals surface area contributed by atoms with Gasteiger partial charge in [-0.15, -0.1) is 0 Å². The highest BCUT2D eigenvalue weighted by molar-refractivity contribution is 5.84. The summed E-state index contributed by atoms with van der Waals surface area (Å²) in [7, 11) is 0. The van der Waals surface area contributed by atoms with Gasteiger partial charge >= 0.3 is 5.97 Å². The van der Waals surface area contributed by atoms with Crippen molar-refractivity contribution in [3.05, 3.63) is 29.8 Å². The smallest absolute Gasteiger partial charge is 0.326 e. The molecule has 0 aliphatic rings. The topological polar surface area (TPSA) is 75.6 Å². The highest BCUT2D eigenvalue weighted by atomic mass is 16.5. The van der Waals surface area contributed by atoms with Crippen LogP contribution in [0, 0.1) is 5.92 Å². The van der Waals surface area contributed by atoms with Crippen molar-refractivity contribution >= 4 is 11.9 Å². The first-order valence-corrected chi connectivity index (χ1v) is 7.22. The van der Waals surface area contributed by atoms with Crippen LogP contribution in [0.15, 0.2) is 24.3 Å². The van der Waals surface area contributed by atoms with Crippen molar-refractivity contribution < 1.29 is 19.4 Å². The molecule has 116 valence electrons. The van der Waals surface area contributed by atoms with E-state index in [2.05, 4.69) is 5.32 Å². The van der Waals surface area contributed by atoms with Crippen molar-refractivity contribution in [2.45, 2.75) is 39.7 Å². The molecule has 0 aliphatic heterocycles. The highest BCUT2D eigenvalue weighted by Crippen LogP contribution is 2.18. The van der Waals surface area contributed by atoms with E-state index in [9.17, 15) is 9.59 Å². The van der Waals surface area contributed by atoms with Crippen LogP contribution in [0.3, 0.4) is 0 Å². The Hall–Kier alpha value is -2.04. The van der Waals surface area contributed by atoms with Gasteiger partial charge in [-0.1, -0.05) is 45.4 Å². The number of hydrogen-bond acceptors (Lipinski definition) is 3. The van der Waals surface area contributed by atoms with E-state index in [0.29, 0.717) is 12.2 Å². The fourth-order valence-corrected chi connectivity index (χ4v) is 1.98. The summed E-state index contributed by atoms with van der Waals surface area (Å²) in [5, 5.41) is 11.6. The minimum absolute atomic E-state index is 0.130. The number of aliphatic carboxylic acids is 1. The van der Waals surface area contributed by atoms with E-state index in [1.54, 1.807) is 13.0 Å². The molecule has 2 N–H and O–H groups in total. The van der Waals surface area contributed by atoms with Gasteiger partial charge in [-0.3, -0.25) is 4.79 Å². The number of benzene rings is 1. The van der Waals surface area contributed by atoms with E-state index in [4.69, 9.17) is 9.84 Å². The Morgan fingerprint density at radius 2 is 1.95 bits per heavy atom. The van der Waals surface area contributed by atoms with Crippen molar-refractivity contribution in [3.8, 4) is 5.75 Å². The summed E-state index contributed by atoms with van der Waals surface area (Å²) < 4.78 is 5.48. The Morgan fingerprint density at radius 1 is 1.29 bits per heavy atom. The van der Waals surface area contributed by atoms with E-state index in [-0.39, 0.29) is 12.5 Å². The second-order valence-corrected chi connectivity index (χ2v) is 5.02. The number of carboxylic acid groups (broad SMARTS) is 1. The van der Waals surface area contributed by atoms with Crippen molar-refractivity contribution in [3.63, 3.8) is 0 Å². The SMILES string of the molecule is CCc1ccccc1OCC(=O)N[C@H](C(=O)O)[C@@H](C)CC. The van der Waals surface area contributed by atoms with Crippen LogP contribution in [-0.2, 0) is 16.0 Å². The summed E-state index contributed by atoms with van der Waals surface area (Å²) in [4.78, 5) is 23.0. The number of hydrogen-bond donors (Lipinski definition) is 2. The second kappa shape index (κ2) is 8.29. The zero-order chi connectivity index (χ0) is 15.8. The Labute approximate surface area is 125 Å². The molecule has 1 aromatic carbocycles. The number of nitrogens with one attached hydrogen (secondary N) is 1. The van der Waals surface area contributed by atoms with Crippen molar-refractivity contribution in [2.75, 3.05) is 6.61 Å². The van der Waals surface area contributed by atoms with E-state index in [1.807, 2.05) is 32.0 Å². The van der Waals surface area contributed by atoms with Crippen molar-refractivity contribution in [1.29, 1.82) is 0 Å². The summed E-state index contributed by atoms with van der Waals surface area (Å²) in [5.41, 5.74) is 1.02. The second-order valence-electron chi connectivity index (χ2n) is 5.02. The molecule has 5 heteroatoms. The largest absolute Gasteiger partial charge is 0.483 e. The van der Waals surface area contributed by atoms with Gasteiger partial charge in [0.25, 0.3) is 5.91 Å². The molecule has 0 radical (unpaired) electrons. The Morgan fingerprint density at radius 3 is 2.52 bits per heavy atom. The Kier molecular flexibility index (Phi) is 6.72. The molecule has 5 nitrogen and oxygen atoms in total. The van der Waals surface area contributed by atoms with Crippen LogP contribution < -0.4 is 10.1 Å². The van der Waals surface area contributed by atoms with E-state index in [1.165, 1.54) is 0 Å². The third kappa shape index (κ3) is 5.10. The van der Waals surface area contributed by atoms with Gasteiger partial charge in [0, 0.05) is 0 Å². The molecular formula is C16H23NO4. The summed E-state index contributed by atoms with van der Waals surface area (Å²) >= 11 is 0. The van der Waals surface area contributed by atoms with Gasteiger partial charge in [0.2, 0.25) is 0 Å². The average molecular weight is 293 g/mol. The van der Waals surface area contributed by atoms with Gasteiger partial charge in [0.1, 0.15) is 11.8 Å². The molecule has 2 atom stereocenters. The predicted octanol–water partition coefficient (Wildman–Crippen LogP) is 2.24. The van der Waals surface area contributed by atoms with Gasteiger partial charge in [-0.2, -0.15) is 0 Å². The molecule has 0 saturated heterocycles. The number of ether oxygens (including phenoxy) is 1. The van der Waals surface area contributed by atoms with Gasteiger partial charge in [-0.25, -0.2) is 4.79 Å². The minimum atomic E-state index is -1.02. The summed E-state index contributed by atoms with van der Waals surface area (Å²) in [6.45, 7) is 5.51. The minimum Gasteiger partial charge on any atom is -0.483 e. The van der Waals surface area contributed by atoms with Gasteiger partial charge in [0.15, 0.2) is 6.61 Å². The number of carboxylic acids is 1. The molecular weight excluding hydrogens is 270 g/mol. The fraction of sp³-hybridized carbons (Fsp3) is 0.500. The van der Waals surface area contributed by atoms with E-state index in [0.717, 1.165) is 12.0 Å². The number of rotatable bonds is 8. The number of para-hydroxylation sites is 1. The molecule has 0 spiro atoms. The normalized spacial score (nSPS) is 13.3. The van der Waals surface area contributed by atoms with E-state index < -0.39 is 17.9 Å². The molecule has 0 unspecified atom stereocenters. The fourth-order valence-electron chi connectivity index (χ4n) is 1.98. The van der Waals surface area contributed by atoms with Crippen LogP contribution in [0.5, 0.6) is 5.75 Å². The first-order chi connectivity index (χ1) is 9.99. The Bertz CT molecular complexity index is 487. The van der Waals surface area contributed by atoms with Gasteiger partial charge < -0.3 is 15.2 Å². The van der Waals surface area contributed by atoms with Crippen LogP contribution in [0.25, 0.3) is 0 Å². The lowest BCUT2D eigenvalue weighted by Crippen LogP contribution is -2.46. The van der Waals surface area contributed by atoms with Crippen LogP contribution in [-0.4, -0.2) is 29.6 Å². The molecule has 0 heterocycles. The lowest BCUT2D eigenvalue weighted by atomic mass is 9.99. The third-order valence-electron chi connectivity index (χ3n) is 3.51. The summed E-state index contributed by atoms with van der Waals surface area (Å²) in [6, 6.07) is 6.61. The standard InChI is InChI=1S/C16H23NO4/c1-4-11(3)15(16(19)20)17-14(18)10-21-13-9-7-6-8-12(13)5-2/h6-9,11,15H,4-5,10H2,1-3H3,(H,17,18)(H,19,20)/t11-,15-/m0/s1. The number of amides is 1. The molecule has 21 heavy (non-hydrogen) atoms. The van der Waals surface area contributed by atoms with Crippen LogP contribution >= 0.6 is 0 Å². The highest BCUT2D eigenvalue weighted by Gasteiger charge is 2.25. The lowest BCUT2D eigenvalue weighted by Gasteiger charge is -2.20. The molecule has 1 aromatic rings. The maximum atomic E-state index is 11.9. The number of carbonyl (C=O) groups is 2. The Balaban J connectivity index is 2.59. The van der Waals surface area contributed by atoms with Crippen molar-refractivity contribution in [1.82, 2.24) is 5.32 Å². The van der Waals surface area contributed by atoms with Crippen LogP contribution in [0.2, 0.25) is 0 Å². The third-order valence-corrected chi connectivity index (χ3v) is 3.51. The van der Waals surface area contributed by atoms with Gasteiger partial charge in [0.05, 0.1) is 0 Å². The zero-order valence-corrected chi connectivity index (χ0v) is 12.8. The summed E-state index contributed by atoms with van der Waals surface area (Å²) in [5.74, 6) is -0.916.